The lowest BCUT2D eigenvalue weighted by atomic mass is 10.2. The third kappa shape index (κ3) is 3.98. The predicted molar refractivity (Wildman–Crippen MR) is 87.0 cm³/mol. The summed E-state index contributed by atoms with van der Waals surface area (Å²) in [5, 5.41) is 14.4. The molecule has 0 radical (unpaired) electrons. The van der Waals surface area contributed by atoms with Crippen molar-refractivity contribution in [3.63, 3.8) is 0 Å². The summed E-state index contributed by atoms with van der Waals surface area (Å²) in [5.74, 6) is 0.337. The summed E-state index contributed by atoms with van der Waals surface area (Å²) < 4.78 is 7.02. The van der Waals surface area contributed by atoms with Crippen LogP contribution in [0.1, 0.15) is 5.56 Å². The van der Waals surface area contributed by atoms with Gasteiger partial charge in [0.2, 0.25) is 5.91 Å². The normalized spacial score (nSPS) is 10.7. The summed E-state index contributed by atoms with van der Waals surface area (Å²) in [7, 11) is 1.80. The van der Waals surface area contributed by atoms with E-state index in [2.05, 4.69) is 20.6 Å². The molecule has 1 N–H and O–H groups in total. The van der Waals surface area contributed by atoms with Gasteiger partial charge >= 0.3 is 6.01 Å². The predicted octanol–water partition coefficient (Wildman–Crippen LogP) is 2.51. The summed E-state index contributed by atoms with van der Waals surface area (Å²) in [6, 6.07) is 9.82. The molecule has 3 aromatic rings. The molecule has 118 valence electrons. The first-order valence-corrected chi connectivity index (χ1v) is 7.91. The first kappa shape index (κ1) is 15.3. The fraction of sp³-hybridized carbons (Fsp3) is 0.200. The zero-order valence-corrected chi connectivity index (χ0v) is 13.5. The van der Waals surface area contributed by atoms with E-state index in [-0.39, 0.29) is 23.6 Å². The van der Waals surface area contributed by atoms with Crippen LogP contribution in [0.2, 0.25) is 0 Å². The maximum Gasteiger partial charge on any atom is 0.322 e. The molecule has 0 bridgehead atoms. The number of amides is 1. The average Bonchev–Trinajstić information content (AvgIpc) is 3.16. The van der Waals surface area contributed by atoms with Gasteiger partial charge in [0.25, 0.3) is 5.89 Å². The standard InChI is InChI=1S/C15H15N5O2S/c1-10-3-5-11(6-4-10)23-9-13(21)16-15-18-17-14(22-15)12-7-8-20(2)19-12/h3-8H,9H2,1-2H3,(H,16,18,21). The molecule has 0 aliphatic rings. The average molecular weight is 329 g/mol. The third-order valence-electron chi connectivity index (χ3n) is 2.99. The van der Waals surface area contributed by atoms with Gasteiger partial charge in [0, 0.05) is 18.1 Å². The highest BCUT2D eigenvalue weighted by atomic mass is 32.2. The van der Waals surface area contributed by atoms with Gasteiger partial charge in [-0.25, -0.2) is 0 Å². The van der Waals surface area contributed by atoms with E-state index in [4.69, 9.17) is 4.42 Å². The van der Waals surface area contributed by atoms with Crippen molar-refractivity contribution in [1.29, 1.82) is 0 Å². The molecule has 2 aromatic heterocycles. The van der Waals surface area contributed by atoms with Crippen LogP contribution < -0.4 is 5.32 Å². The van der Waals surface area contributed by atoms with E-state index in [1.54, 1.807) is 24.0 Å². The number of benzene rings is 1. The van der Waals surface area contributed by atoms with E-state index in [1.165, 1.54) is 17.3 Å². The van der Waals surface area contributed by atoms with Gasteiger partial charge in [-0.1, -0.05) is 22.8 Å². The number of aromatic nitrogens is 4. The lowest BCUT2D eigenvalue weighted by Gasteiger charge is -2.01. The Morgan fingerprint density at radius 3 is 2.74 bits per heavy atom. The van der Waals surface area contributed by atoms with Crippen LogP contribution in [0.15, 0.2) is 45.8 Å². The largest absolute Gasteiger partial charge is 0.401 e. The van der Waals surface area contributed by atoms with E-state index >= 15 is 0 Å². The smallest absolute Gasteiger partial charge is 0.322 e. The topological polar surface area (TPSA) is 85.8 Å². The Bertz CT molecular complexity index is 809. The minimum Gasteiger partial charge on any atom is -0.401 e. The second-order valence-corrected chi connectivity index (χ2v) is 5.99. The van der Waals surface area contributed by atoms with E-state index < -0.39 is 0 Å². The number of anilines is 1. The molecule has 1 aromatic carbocycles. The van der Waals surface area contributed by atoms with Crippen molar-refractivity contribution < 1.29 is 9.21 Å². The van der Waals surface area contributed by atoms with E-state index in [1.807, 2.05) is 31.2 Å². The van der Waals surface area contributed by atoms with E-state index in [0.717, 1.165) is 4.90 Å². The van der Waals surface area contributed by atoms with Crippen LogP contribution in [0.3, 0.4) is 0 Å². The molecule has 3 rings (SSSR count). The minimum atomic E-state index is -0.202. The number of aryl methyl sites for hydroxylation is 2. The van der Waals surface area contributed by atoms with Gasteiger partial charge in [-0.05, 0) is 25.1 Å². The molecule has 23 heavy (non-hydrogen) atoms. The molecular weight excluding hydrogens is 314 g/mol. The SMILES string of the molecule is Cc1ccc(SCC(=O)Nc2nnc(-c3ccn(C)n3)o2)cc1. The molecule has 0 saturated heterocycles. The van der Waals surface area contributed by atoms with Crippen LogP contribution in [-0.4, -0.2) is 31.6 Å². The fourth-order valence-electron chi connectivity index (χ4n) is 1.85. The van der Waals surface area contributed by atoms with Gasteiger partial charge < -0.3 is 4.42 Å². The summed E-state index contributed by atoms with van der Waals surface area (Å²) in [4.78, 5) is 13.0. The molecule has 7 nitrogen and oxygen atoms in total. The molecule has 8 heteroatoms. The molecule has 0 aliphatic heterocycles. The maximum atomic E-state index is 11.9. The van der Waals surface area contributed by atoms with Gasteiger partial charge in [-0.15, -0.1) is 16.9 Å². The first-order chi connectivity index (χ1) is 11.1. The molecule has 0 saturated carbocycles. The third-order valence-corrected chi connectivity index (χ3v) is 4.01. The molecule has 2 heterocycles. The zero-order chi connectivity index (χ0) is 16.2. The first-order valence-electron chi connectivity index (χ1n) is 6.93. The highest BCUT2D eigenvalue weighted by Gasteiger charge is 2.13. The number of hydrogen-bond acceptors (Lipinski definition) is 6. The van der Waals surface area contributed by atoms with Gasteiger partial charge in [0.15, 0.2) is 0 Å². The highest BCUT2D eigenvalue weighted by Crippen LogP contribution is 2.20. The summed E-state index contributed by atoms with van der Waals surface area (Å²) >= 11 is 1.45. The Morgan fingerprint density at radius 2 is 2.04 bits per heavy atom. The quantitative estimate of drug-likeness (QED) is 0.724. The molecule has 0 spiro atoms. The number of carbonyl (C=O) groups is 1. The van der Waals surface area contributed by atoms with Crippen LogP contribution in [0, 0.1) is 6.92 Å². The molecule has 0 unspecified atom stereocenters. The lowest BCUT2D eigenvalue weighted by molar-refractivity contribution is -0.113. The van der Waals surface area contributed by atoms with Gasteiger partial charge in [0.05, 0.1) is 5.75 Å². The summed E-state index contributed by atoms with van der Waals surface area (Å²) in [6.07, 6.45) is 1.77. The van der Waals surface area contributed by atoms with Crippen LogP contribution in [0.5, 0.6) is 0 Å². The number of carbonyl (C=O) groups excluding carboxylic acids is 1. The van der Waals surface area contributed by atoms with Crippen LogP contribution >= 0.6 is 11.8 Å². The molecule has 1 amide bonds. The minimum absolute atomic E-state index is 0.0696. The van der Waals surface area contributed by atoms with Crippen molar-refractivity contribution in [3.8, 4) is 11.6 Å². The van der Waals surface area contributed by atoms with Crippen LogP contribution in [-0.2, 0) is 11.8 Å². The summed E-state index contributed by atoms with van der Waals surface area (Å²) in [5.41, 5.74) is 1.75. The Hall–Kier alpha value is -2.61. The second-order valence-electron chi connectivity index (χ2n) is 4.94. The summed E-state index contributed by atoms with van der Waals surface area (Å²) in [6.45, 7) is 2.02. The van der Waals surface area contributed by atoms with Crippen molar-refractivity contribution in [1.82, 2.24) is 20.0 Å². The van der Waals surface area contributed by atoms with Crippen molar-refractivity contribution in [3.05, 3.63) is 42.1 Å². The van der Waals surface area contributed by atoms with Gasteiger partial charge in [-0.3, -0.25) is 14.8 Å². The van der Waals surface area contributed by atoms with E-state index in [0.29, 0.717) is 5.69 Å². The Balaban J connectivity index is 1.56. The van der Waals surface area contributed by atoms with Gasteiger partial charge in [0.1, 0.15) is 5.69 Å². The number of thioether (sulfide) groups is 1. The monoisotopic (exact) mass is 329 g/mol. The molecule has 0 aliphatic carbocycles. The number of nitrogens with one attached hydrogen (secondary N) is 1. The van der Waals surface area contributed by atoms with Crippen molar-refractivity contribution in [2.45, 2.75) is 11.8 Å². The number of rotatable bonds is 5. The molecule has 0 fully saturated rings. The Labute approximate surface area is 137 Å². The Morgan fingerprint density at radius 1 is 1.26 bits per heavy atom. The molecule has 0 atom stereocenters. The van der Waals surface area contributed by atoms with Crippen molar-refractivity contribution >= 4 is 23.7 Å². The van der Waals surface area contributed by atoms with Gasteiger partial charge in [-0.2, -0.15) is 5.10 Å². The fourth-order valence-corrected chi connectivity index (χ4v) is 2.54. The van der Waals surface area contributed by atoms with Crippen molar-refractivity contribution in [2.24, 2.45) is 7.05 Å². The van der Waals surface area contributed by atoms with Crippen molar-refractivity contribution in [2.75, 3.05) is 11.1 Å². The second kappa shape index (κ2) is 6.66. The Kier molecular flexibility index (Phi) is 4.42. The number of hydrogen-bond donors (Lipinski definition) is 1. The highest BCUT2D eigenvalue weighted by molar-refractivity contribution is 8.00. The van der Waals surface area contributed by atoms with Crippen LogP contribution in [0.25, 0.3) is 11.6 Å². The van der Waals surface area contributed by atoms with E-state index in [9.17, 15) is 4.79 Å². The maximum absolute atomic E-state index is 11.9. The molecular formula is C15H15N5O2S. The lowest BCUT2D eigenvalue weighted by Crippen LogP contribution is -2.14. The van der Waals surface area contributed by atoms with Crippen LogP contribution in [0.4, 0.5) is 6.01 Å². The number of nitrogens with zero attached hydrogens (tertiary/aromatic N) is 4. The zero-order valence-electron chi connectivity index (χ0n) is 12.7.